The first kappa shape index (κ1) is 23.7. The Morgan fingerprint density at radius 2 is 1.75 bits per heavy atom. The lowest BCUT2D eigenvalue weighted by Gasteiger charge is -2.37. The molecular formula is C24H34O4. The van der Waals surface area contributed by atoms with Crippen LogP contribution in [0.2, 0.25) is 0 Å². The second kappa shape index (κ2) is 10.8. The third-order valence-electron chi connectivity index (χ3n) is 4.72. The van der Waals surface area contributed by atoms with Gasteiger partial charge in [-0.1, -0.05) is 60.9 Å². The lowest BCUT2D eigenvalue weighted by atomic mass is 9.71. The van der Waals surface area contributed by atoms with Crippen molar-refractivity contribution in [1.29, 1.82) is 0 Å². The molecule has 0 bridgehead atoms. The fourth-order valence-electron chi connectivity index (χ4n) is 3.45. The van der Waals surface area contributed by atoms with Crippen LogP contribution < -0.4 is 0 Å². The molecule has 1 atom stereocenters. The van der Waals surface area contributed by atoms with Gasteiger partial charge in [0, 0.05) is 20.3 Å². The van der Waals surface area contributed by atoms with Gasteiger partial charge in [-0.2, -0.15) is 0 Å². The second-order valence-corrected chi connectivity index (χ2v) is 8.07. The summed E-state index contributed by atoms with van der Waals surface area (Å²) < 4.78 is 10.3. The maximum atomic E-state index is 11.3. The van der Waals surface area contributed by atoms with Gasteiger partial charge in [0.05, 0.1) is 0 Å². The number of hydrogen-bond acceptors (Lipinski definition) is 4. The fourth-order valence-corrected chi connectivity index (χ4v) is 3.45. The van der Waals surface area contributed by atoms with E-state index in [1.807, 2.05) is 31.2 Å². The summed E-state index contributed by atoms with van der Waals surface area (Å²) in [6, 6.07) is 0. The van der Waals surface area contributed by atoms with E-state index in [9.17, 15) is 9.59 Å². The highest BCUT2D eigenvalue weighted by Gasteiger charge is 2.33. The molecule has 154 valence electrons. The summed E-state index contributed by atoms with van der Waals surface area (Å²) >= 11 is 0. The number of carbonyl (C=O) groups excluding carboxylic acids is 2. The molecule has 0 aromatic rings. The highest BCUT2D eigenvalue weighted by molar-refractivity contribution is 5.66. The molecule has 0 saturated carbocycles. The number of ether oxygens (including phenoxy) is 2. The van der Waals surface area contributed by atoms with Crippen LogP contribution in [0.25, 0.3) is 0 Å². The van der Waals surface area contributed by atoms with Crippen LogP contribution in [0.5, 0.6) is 0 Å². The number of allylic oxidation sites excluding steroid dienone is 8. The van der Waals surface area contributed by atoms with Gasteiger partial charge in [-0.15, -0.1) is 0 Å². The van der Waals surface area contributed by atoms with Gasteiger partial charge in [0.2, 0.25) is 0 Å². The predicted octanol–water partition coefficient (Wildman–Crippen LogP) is 5.62. The SMILES string of the molecule is CC(=O)OC/C=C(C)/C=C/C=C(C)/C=C/C1=C(C)CC(OC(C)=O)CC1(C)C. The first-order chi connectivity index (χ1) is 13.0. The smallest absolute Gasteiger partial charge is 0.302 e. The number of rotatable bonds is 7. The van der Waals surface area contributed by atoms with Crippen molar-refractivity contribution in [3.63, 3.8) is 0 Å². The first-order valence-electron chi connectivity index (χ1n) is 9.72. The highest BCUT2D eigenvalue weighted by Crippen LogP contribution is 2.42. The molecule has 1 rings (SSSR count). The van der Waals surface area contributed by atoms with E-state index in [-0.39, 0.29) is 23.5 Å². The van der Waals surface area contributed by atoms with E-state index in [0.29, 0.717) is 6.61 Å². The number of carbonyl (C=O) groups is 2. The molecule has 0 radical (unpaired) electrons. The normalized spacial score (nSPS) is 20.8. The molecule has 1 aliphatic rings. The van der Waals surface area contributed by atoms with Gasteiger partial charge in [0.1, 0.15) is 12.7 Å². The van der Waals surface area contributed by atoms with Gasteiger partial charge in [-0.3, -0.25) is 9.59 Å². The van der Waals surface area contributed by atoms with Crippen molar-refractivity contribution < 1.29 is 19.1 Å². The standard InChI is InChI=1S/C24H34O4/c1-17(9-8-10-18(2)13-14-27-20(4)25)11-12-23-19(3)15-22(28-21(5)26)16-24(23,6)7/h8-13,22H,14-16H2,1-7H3/b10-8+,12-11+,17-9+,18-13+. The minimum Gasteiger partial charge on any atom is -0.462 e. The zero-order valence-corrected chi connectivity index (χ0v) is 18.3. The van der Waals surface area contributed by atoms with Gasteiger partial charge in [-0.05, 0) is 44.3 Å². The van der Waals surface area contributed by atoms with Crippen LogP contribution in [-0.2, 0) is 19.1 Å². The molecule has 0 aromatic carbocycles. The van der Waals surface area contributed by atoms with Gasteiger partial charge in [0.15, 0.2) is 0 Å². The van der Waals surface area contributed by atoms with Gasteiger partial charge in [0.25, 0.3) is 0 Å². The number of hydrogen-bond donors (Lipinski definition) is 0. The molecule has 4 heteroatoms. The summed E-state index contributed by atoms with van der Waals surface area (Å²) in [7, 11) is 0. The Bertz CT molecular complexity index is 730. The Hall–Kier alpha value is -2.36. The van der Waals surface area contributed by atoms with E-state index in [0.717, 1.165) is 24.0 Å². The fraction of sp³-hybridized carbons (Fsp3) is 0.500. The van der Waals surface area contributed by atoms with Crippen LogP contribution in [0.3, 0.4) is 0 Å². The molecule has 0 amide bonds. The summed E-state index contributed by atoms with van der Waals surface area (Å²) in [4.78, 5) is 22.0. The van der Waals surface area contributed by atoms with Crippen molar-refractivity contribution in [2.24, 2.45) is 5.41 Å². The Balaban J connectivity index is 2.77. The average molecular weight is 387 g/mol. The Morgan fingerprint density at radius 3 is 2.32 bits per heavy atom. The minimum atomic E-state index is -0.275. The lowest BCUT2D eigenvalue weighted by Crippen LogP contribution is -2.31. The van der Waals surface area contributed by atoms with Crippen molar-refractivity contribution in [2.45, 2.75) is 67.4 Å². The zero-order chi connectivity index (χ0) is 21.3. The van der Waals surface area contributed by atoms with E-state index >= 15 is 0 Å². The third kappa shape index (κ3) is 8.55. The quantitative estimate of drug-likeness (QED) is 0.421. The van der Waals surface area contributed by atoms with E-state index in [4.69, 9.17) is 9.47 Å². The highest BCUT2D eigenvalue weighted by atomic mass is 16.5. The van der Waals surface area contributed by atoms with Crippen molar-refractivity contribution in [2.75, 3.05) is 6.61 Å². The van der Waals surface area contributed by atoms with Crippen LogP contribution in [0.1, 0.15) is 61.3 Å². The van der Waals surface area contributed by atoms with Gasteiger partial charge < -0.3 is 9.47 Å². The summed E-state index contributed by atoms with van der Waals surface area (Å²) in [5, 5.41) is 0. The Morgan fingerprint density at radius 1 is 1.07 bits per heavy atom. The van der Waals surface area contributed by atoms with Crippen molar-refractivity contribution in [1.82, 2.24) is 0 Å². The third-order valence-corrected chi connectivity index (χ3v) is 4.72. The summed E-state index contributed by atoms with van der Waals surface area (Å²) in [6.07, 6.45) is 13.8. The lowest BCUT2D eigenvalue weighted by molar-refractivity contribution is -0.147. The molecule has 1 unspecified atom stereocenters. The number of esters is 2. The van der Waals surface area contributed by atoms with Crippen LogP contribution in [0.15, 0.2) is 58.7 Å². The molecule has 0 heterocycles. The van der Waals surface area contributed by atoms with E-state index in [2.05, 4.69) is 39.8 Å². The van der Waals surface area contributed by atoms with Crippen LogP contribution in [0.4, 0.5) is 0 Å². The molecule has 0 fully saturated rings. The van der Waals surface area contributed by atoms with E-state index in [1.165, 1.54) is 25.0 Å². The topological polar surface area (TPSA) is 52.6 Å². The van der Waals surface area contributed by atoms with E-state index in [1.54, 1.807) is 0 Å². The monoisotopic (exact) mass is 386 g/mol. The second-order valence-electron chi connectivity index (χ2n) is 8.07. The molecular weight excluding hydrogens is 352 g/mol. The maximum Gasteiger partial charge on any atom is 0.302 e. The van der Waals surface area contributed by atoms with Gasteiger partial charge in [-0.25, -0.2) is 0 Å². The summed E-state index contributed by atoms with van der Waals surface area (Å²) in [5.74, 6) is -0.487. The molecule has 0 saturated heterocycles. The molecule has 0 spiro atoms. The average Bonchev–Trinajstić information content (AvgIpc) is 2.52. The van der Waals surface area contributed by atoms with E-state index < -0.39 is 0 Å². The van der Waals surface area contributed by atoms with Crippen molar-refractivity contribution in [3.05, 3.63) is 58.7 Å². The molecule has 1 aliphatic carbocycles. The Labute approximate surface area is 169 Å². The zero-order valence-electron chi connectivity index (χ0n) is 18.3. The molecule has 4 nitrogen and oxygen atoms in total. The van der Waals surface area contributed by atoms with Crippen molar-refractivity contribution >= 4 is 11.9 Å². The van der Waals surface area contributed by atoms with Crippen LogP contribution in [0, 0.1) is 5.41 Å². The van der Waals surface area contributed by atoms with Crippen molar-refractivity contribution in [3.8, 4) is 0 Å². The molecule has 0 aromatic heterocycles. The van der Waals surface area contributed by atoms with Gasteiger partial charge >= 0.3 is 11.9 Å². The maximum absolute atomic E-state index is 11.3. The van der Waals surface area contributed by atoms with Crippen LogP contribution in [-0.4, -0.2) is 24.6 Å². The minimum absolute atomic E-state index is 0.0361. The predicted molar refractivity (Wildman–Crippen MR) is 114 cm³/mol. The largest absolute Gasteiger partial charge is 0.462 e. The molecule has 28 heavy (non-hydrogen) atoms. The Kier molecular flexibility index (Phi) is 9.17. The summed E-state index contributed by atoms with van der Waals surface area (Å²) in [6.45, 7) is 13.7. The molecule has 0 aliphatic heterocycles. The first-order valence-corrected chi connectivity index (χ1v) is 9.72. The van der Waals surface area contributed by atoms with Crippen LogP contribution >= 0.6 is 0 Å². The molecule has 0 N–H and O–H groups in total. The summed E-state index contributed by atoms with van der Waals surface area (Å²) in [5.41, 5.74) is 4.72.